The largest absolute Gasteiger partial charge is 0.497 e. The highest BCUT2D eigenvalue weighted by atomic mass is 79.9. The Balaban J connectivity index is 2.45. The lowest BCUT2D eigenvalue weighted by Gasteiger charge is -2.14. The smallest absolute Gasteiger partial charge is 0.135 e. The van der Waals surface area contributed by atoms with Gasteiger partial charge in [-0.15, -0.1) is 0 Å². The molecule has 0 fully saturated rings. The first kappa shape index (κ1) is 14.7. The number of ether oxygens (including phenoxy) is 1. The van der Waals surface area contributed by atoms with Crippen molar-refractivity contribution in [2.24, 2.45) is 5.73 Å². The van der Waals surface area contributed by atoms with E-state index in [0.29, 0.717) is 11.4 Å². The van der Waals surface area contributed by atoms with Crippen molar-refractivity contribution in [2.45, 2.75) is 0 Å². The number of halogens is 2. The van der Waals surface area contributed by atoms with E-state index in [1.165, 1.54) is 6.07 Å². The van der Waals surface area contributed by atoms with Crippen LogP contribution in [0.4, 0.5) is 15.8 Å². The summed E-state index contributed by atoms with van der Waals surface area (Å²) in [6, 6.07) is 10.1. The average molecular weight is 355 g/mol. The standard InChI is InChI=1S/C14H12BrFN2OS/c1-19-8-5-6-9(15)12(7-8)18-11-4-2-3-10(16)13(11)14(17)20/h2-7,18H,1H3,(H2,17,20). The number of hydrogen-bond acceptors (Lipinski definition) is 3. The van der Waals surface area contributed by atoms with Crippen molar-refractivity contribution in [3.8, 4) is 5.75 Å². The molecule has 0 radical (unpaired) electrons. The maximum atomic E-state index is 13.8. The summed E-state index contributed by atoms with van der Waals surface area (Å²) in [6.45, 7) is 0. The first-order valence-electron chi connectivity index (χ1n) is 5.72. The minimum atomic E-state index is -0.457. The van der Waals surface area contributed by atoms with Crippen molar-refractivity contribution in [3.05, 3.63) is 52.3 Å². The molecule has 0 amide bonds. The molecular weight excluding hydrogens is 343 g/mol. The van der Waals surface area contributed by atoms with Gasteiger partial charge in [0.25, 0.3) is 0 Å². The Hall–Kier alpha value is -1.66. The zero-order valence-electron chi connectivity index (χ0n) is 10.6. The number of thiocarbonyl (C=S) groups is 1. The van der Waals surface area contributed by atoms with Gasteiger partial charge in [0.15, 0.2) is 0 Å². The second-order valence-electron chi connectivity index (χ2n) is 4.00. The molecule has 0 saturated heterocycles. The number of nitrogens with one attached hydrogen (secondary N) is 1. The summed E-state index contributed by atoms with van der Waals surface area (Å²) in [5.74, 6) is 0.227. The van der Waals surface area contributed by atoms with Gasteiger partial charge in [0, 0.05) is 10.5 Å². The van der Waals surface area contributed by atoms with E-state index < -0.39 is 5.82 Å². The zero-order chi connectivity index (χ0) is 14.7. The Bertz CT molecular complexity index is 664. The lowest BCUT2D eigenvalue weighted by Crippen LogP contribution is -2.14. The van der Waals surface area contributed by atoms with E-state index >= 15 is 0 Å². The van der Waals surface area contributed by atoms with Gasteiger partial charge in [0.1, 0.15) is 16.6 Å². The molecule has 0 atom stereocenters. The summed E-state index contributed by atoms with van der Waals surface area (Å²) < 4.78 is 19.8. The molecule has 0 aliphatic rings. The van der Waals surface area contributed by atoms with Crippen LogP contribution in [0.5, 0.6) is 5.75 Å². The molecule has 0 saturated carbocycles. The fraction of sp³-hybridized carbons (Fsp3) is 0.0714. The minimum absolute atomic E-state index is 0.00428. The second-order valence-corrected chi connectivity index (χ2v) is 5.29. The number of hydrogen-bond donors (Lipinski definition) is 2. The van der Waals surface area contributed by atoms with Crippen molar-refractivity contribution in [1.82, 2.24) is 0 Å². The molecule has 0 aromatic heterocycles. The maximum Gasteiger partial charge on any atom is 0.135 e. The van der Waals surface area contributed by atoms with E-state index in [2.05, 4.69) is 21.2 Å². The third-order valence-electron chi connectivity index (χ3n) is 2.70. The third kappa shape index (κ3) is 3.08. The minimum Gasteiger partial charge on any atom is -0.497 e. The van der Waals surface area contributed by atoms with Crippen LogP contribution in [0.1, 0.15) is 5.56 Å². The number of benzene rings is 2. The topological polar surface area (TPSA) is 47.3 Å². The molecule has 0 aliphatic carbocycles. The normalized spacial score (nSPS) is 10.2. The van der Waals surface area contributed by atoms with Crippen LogP contribution in [0.3, 0.4) is 0 Å². The molecule has 2 aromatic carbocycles. The number of anilines is 2. The van der Waals surface area contributed by atoms with Crippen molar-refractivity contribution < 1.29 is 9.13 Å². The molecule has 3 nitrogen and oxygen atoms in total. The molecule has 2 rings (SSSR count). The van der Waals surface area contributed by atoms with Crippen molar-refractivity contribution in [3.63, 3.8) is 0 Å². The maximum absolute atomic E-state index is 13.8. The van der Waals surface area contributed by atoms with E-state index in [0.717, 1.165) is 10.2 Å². The Labute approximate surface area is 130 Å². The van der Waals surface area contributed by atoms with Crippen LogP contribution in [0.25, 0.3) is 0 Å². The molecule has 20 heavy (non-hydrogen) atoms. The fourth-order valence-electron chi connectivity index (χ4n) is 1.75. The van der Waals surface area contributed by atoms with Crippen molar-refractivity contribution in [2.75, 3.05) is 12.4 Å². The third-order valence-corrected chi connectivity index (χ3v) is 3.60. The van der Waals surface area contributed by atoms with Crippen LogP contribution >= 0.6 is 28.1 Å². The monoisotopic (exact) mass is 354 g/mol. The Morgan fingerprint density at radius 3 is 2.70 bits per heavy atom. The van der Waals surface area contributed by atoms with Crippen molar-refractivity contribution >= 4 is 44.5 Å². The summed E-state index contributed by atoms with van der Waals surface area (Å²) in [5, 5.41) is 3.10. The van der Waals surface area contributed by atoms with E-state index in [9.17, 15) is 4.39 Å². The molecule has 0 unspecified atom stereocenters. The summed E-state index contributed by atoms with van der Waals surface area (Å²) in [5.41, 5.74) is 7.01. The molecule has 3 N–H and O–H groups in total. The van der Waals surface area contributed by atoms with Gasteiger partial charge >= 0.3 is 0 Å². The average Bonchev–Trinajstić information content (AvgIpc) is 2.41. The van der Waals surface area contributed by atoms with Crippen LogP contribution in [-0.2, 0) is 0 Å². The van der Waals surface area contributed by atoms with Gasteiger partial charge in [0.05, 0.1) is 24.0 Å². The van der Waals surface area contributed by atoms with Gasteiger partial charge < -0.3 is 15.8 Å². The fourth-order valence-corrected chi connectivity index (χ4v) is 2.30. The summed E-state index contributed by atoms with van der Waals surface area (Å²) in [4.78, 5) is 0.00428. The number of nitrogens with two attached hydrogens (primary N) is 1. The molecule has 0 spiro atoms. The van der Waals surface area contributed by atoms with Crippen LogP contribution in [0.15, 0.2) is 40.9 Å². The Morgan fingerprint density at radius 2 is 2.05 bits per heavy atom. The predicted octanol–water partition coefficient (Wildman–Crippen LogP) is 3.97. The number of methoxy groups -OCH3 is 1. The van der Waals surface area contributed by atoms with E-state index in [1.54, 1.807) is 25.3 Å². The van der Waals surface area contributed by atoms with Crippen LogP contribution in [0.2, 0.25) is 0 Å². The SMILES string of the molecule is COc1ccc(Br)c(Nc2cccc(F)c2C(N)=S)c1. The van der Waals surface area contributed by atoms with Crippen molar-refractivity contribution in [1.29, 1.82) is 0 Å². The van der Waals surface area contributed by atoms with Gasteiger partial charge in [-0.2, -0.15) is 0 Å². The molecule has 104 valence electrons. The summed E-state index contributed by atoms with van der Waals surface area (Å²) in [7, 11) is 1.58. The van der Waals surface area contributed by atoms with Gasteiger partial charge in [-0.3, -0.25) is 0 Å². The lowest BCUT2D eigenvalue weighted by atomic mass is 10.1. The quantitative estimate of drug-likeness (QED) is 0.815. The molecule has 0 bridgehead atoms. The summed E-state index contributed by atoms with van der Waals surface area (Å²) >= 11 is 8.32. The Kier molecular flexibility index (Phi) is 4.57. The molecule has 0 aliphatic heterocycles. The second kappa shape index (κ2) is 6.19. The lowest BCUT2D eigenvalue weighted by molar-refractivity contribution is 0.415. The highest BCUT2D eigenvalue weighted by Crippen LogP contribution is 2.31. The van der Waals surface area contributed by atoms with E-state index in [-0.39, 0.29) is 10.6 Å². The first-order chi connectivity index (χ1) is 9.52. The van der Waals surface area contributed by atoms with Gasteiger partial charge in [-0.1, -0.05) is 18.3 Å². The van der Waals surface area contributed by atoms with E-state index in [4.69, 9.17) is 22.7 Å². The zero-order valence-corrected chi connectivity index (χ0v) is 13.0. The highest BCUT2D eigenvalue weighted by molar-refractivity contribution is 9.10. The van der Waals surface area contributed by atoms with Gasteiger partial charge in [-0.25, -0.2) is 4.39 Å². The van der Waals surface area contributed by atoms with E-state index in [1.807, 2.05) is 12.1 Å². The van der Waals surface area contributed by atoms with Crippen LogP contribution in [-0.4, -0.2) is 12.1 Å². The molecule has 0 heterocycles. The first-order valence-corrected chi connectivity index (χ1v) is 6.92. The molecule has 2 aromatic rings. The van der Waals surface area contributed by atoms with Crippen LogP contribution in [0, 0.1) is 5.82 Å². The highest BCUT2D eigenvalue weighted by Gasteiger charge is 2.12. The van der Waals surface area contributed by atoms with Gasteiger partial charge in [0.2, 0.25) is 0 Å². The molecule has 6 heteroatoms. The molecular formula is C14H12BrFN2OS. The summed E-state index contributed by atoms with van der Waals surface area (Å²) in [6.07, 6.45) is 0. The van der Waals surface area contributed by atoms with Gasteiger partial charge in [-0.05, 0) is 40.2 Å². The number of rotatable bonds is 4. The van der Waals surface area contributed by atoms with Crippen LogP contribution < -0.4 is 15.8 Å². The Morgan fingerprint density at radius 1 is 1.30 bits per heavy atom. The predicted molar refractivity (Wildman–Crippen MR) is 86.3 cm³/mol.